The maximum absolute atomic E-state index is 12.1. The number of carbonyl (C=O) groups excluding carboxylic acids is 1. The average molecular weight is 390 g/mol. The van der Waals surface area contributed by atoms with Crippen molar-refractivity contribution in [1.82, 2.24) is 20.9 Å². The van der Waals surface area contributed by atoms with Gasteiger partial charge in [0.05, 0.1) is 13.2 Å². The fourth-order valence-corrected chi connectivity index (χ4v) is 3.15. The lowest BCUT2D eigenvalue weighted by Crippen LogP contribution is -2.56. The molecule has 156 valence electrons. The van der Waals surface area contributed by atoms with Gasteiger partial charge in [0, 0.05) is 50.9 Å². The predicted octanol–water partition coefficient (Wildman–Crippen LogP) is 1.60. The van der Waals surface area contributed by atoms with E-state index in [2.05, 4.69) is 39.7 Å². The number of carbonyl (C=O) groups is 1. The lowest BCUT2D eigenvalue weighted by atomic mass is 10.0. The van der Waals surface area contributed by atoms with Gasteiger partial charge < -0.3 is 20.7 Å². The molecule has 0 unspecified atom stereocenters. The summed E-state index contributed by atoms with van der Waals surface area (Å²) in [6.07, 6.45) is 0.926. The molecule has 1 saturated heterocycles. The SMILES string of the molecule is CCCNC(=O)c1cccc(CNC(=NC)NCC(C)(C)N2CCOCC2)c1. The van der Waals surface area contributed by atoms with Crippen molar-refractivity contribution in [3.8, 4) is 0 Å². The Kier molecular flexibility index (Phi) is 8.73. The zero-order valence-electron chi connectivity index (χ0n) is 17.7. The topological polar surface area (TPSA) is 78.0 Å². The number of nitrogens with zero attached hydrogens (tertiary/aromatic N) is 2. The molecule has 0 bridgehead atoms. The fraction of sp³-hybridized carbons (Fsp3) is 0.619. The van der Waals surface area contributed by atoms with E-state index >= 15 is 0 Å². The molecule has 0 radical (unpaired) electrons. The van der Waals surface area contributed by atoms with Crippen molar-refractivity contribution >= 4 is 11.9 Å². The molecule has 0 spiro atoms. The monoisotopic (exact) mass is 389 g/mol. The van der Waals surface area contributed by atoms with Crippen molar-refractivity contribution in [3.05, 3.63) is 35.4 Å². The first-order valence-corrected chi connectivity index (χ1v) is 10.1. The molecule has 3 N–H and O–H groups in total. The molecular formula is C21H35N5O2. The van der Waals surface area contributed by atoms with Gasteiger partial charge in [-0.2, -0.15) is 0 Å². The maximum Gasteiger partial charge on any atom is 0.251 e. The predicted molar refractivity (Wildman–Crippen MR) is 114 cm³/mol. The number of benzene rings is 1. The van der Waals surface area contributed by atoms with Crippen molar-refractivity contribution in [2.24, 2.45) is 4.99 Å². The van der Waals surface area contributed by atoms with Gasteiger partial charge in [-0.1, -0.05) is 19.1 Å². The minimum Gasteiger partial charge on any atom is -0.379 e. The molecule has 2 rings (SSSR count). The van der Waals surface area contributed by atoms with E-state index in [1.54, 1.807) is 7.05 Å². The standard InChI is InChI=1S/C21H35N5O2/c1-5-9-23-19(27)18-8-6-7-17(14-18)15-24-20(22-4)25-16-21(2,3)26-10-12-28-13-11-26/h6-8,14H,5,9-13,15-16H2,1-4H3,(H,23,27)(H2,22,24,25). The number of ether oxygens (including phenoxy) is 1. The van der Waals surface area contributed by atoms with Crippen molar-refractivity contribution in [1.29, 1.82) is 0 Å². The van der Waals surface area contributed by atoms with Crippen molar-refractivity contribution in [2.45, 2.75) is 39.3 Å². The highest BCUT2D eigenvalue weighted by molar-refractivity contribution is 5.94. The first-order chi connectivity index (χ1) is 13.5. The number of aliphatic imine (C=N–C) groups is 1. The number of amides is 1. The van der Waals surface area contributed by atoms with E-state index in [4.69, 9.17) is 4.74 Å². The molecule has 1 aromatic carbocycles. The van der Waals surface area contributed by atoms with Crippen LogP contribution in [-0.4, -0.2) is 68.7 Å². The lowest BCUT2D eigenvalue weighted by molar-refractivity contribution is -0.00834. The van der Waals surface area contributed by atoms with Gasteiger partial charge in [-0.25, -0.2) is 0 Å². The number of hydrogen-bond donors (Lipinski definition) is 3. The summed E-state index contributed by atoms with van der Waals surface area (Å²) in [6, 6.07) is 7.68. The van der Waals surface area contributed by atoms with E-state index < -0.39 is 0 Å². The smallest absolute Gasteiger partial charge is 0.251 e. The van der Waals surface area contributed by atoms with E-state index in [0.29, 0.717) is 18.7 Å². The summed E-state index contributed by atoms with van der Waals surface area (Å²) >= 11 is 0. The molecule has 0 aliphatic carbocycles. The maximum atomic E-state index is 12.1. The van der Waals surface area contributed by atoms with Gasteiger partial charge in [0.15, 0.2) is 5.96 Å². The third kappa shape index (κ3) is 6.80. The number of guanidine groups is 1. The molecule has 28 heavy (non-hydrogen) atoms. The molecule has 7 nitrogen and oxygen atoms in total. The minimum atomic E-state index is -0.0292. The Morgan fingerprint density at radius 1 is 1.21 bits per heavy atom. The summed E-state index contributed by atoms with van der Waals surface area (Å²) in [5.41, 5.74) is 1.74. The van der Waals surface area contributed by atoms with Crippen LogP contribution in [-0.2, 0) is 11.3 Å². The van der Waals surface area contributed by atoms with Crippen LogP contribution in [0.15, 0.2) is 29.3 Å². The number of hydrogen-bond acceptors (Lipinski definition) is 4. The lowest BCUT2D eigenvalue weighted by Gasteiger charge is -2.41. The second-order valence-electron chi connectivity index (χ2n) is 7.65. The Hall–Kier alpha value is -2.12. The summed E-state index contributed by atoms with van der Waals surface area (Å²) < 4.78 is 5.45. The summed E-state index contributed by atoms with van der Waals surface area (Å²) in [6.45, 7) is 12.1. The average Bonchev–Trinajstić information content (AvgIpc) is 2.73. The minimum absolute atomic E-state index is 0.0126. The van der Waals surface area contributed by atoms with Gasteiger partial charge >= 0.3 is 0 Å². The molecule has 1 fully saturated rings. The second-order valence-corrected chi connectivity index (χ2v) is 7.65. The molecule has 0 atom stereocenters. The summed E-state index contributed by atoms with van der Waals surface area (Å²) in [5.74, 6) is 0.723. The van der Waals surface area contributed by atoms with Crippen molar-refractivity contribution < 1.29 is 9.53 Å². The molecule has 1 amide bonds. The first-order valence-electron chi connectivity index (χ1n) is 10.1. The highest BCUT2D eigenvalue weighted by Crippen LogP contribution is 2.15. The van der Waals surface area contributed by atoms with Crippen LogP contribution < -0.4 is 16.0 Å². The largest absolute Gasteiger partial charge is 0.379 e. The van der Waals surface area contributed by atoms with Crippen molar-refractivity contribution in [3.63, 3.8) is 0 Å². The van der Waals surface area contributed by atoms with E-state index in [9.17, 15) is 4.79 Å². The molecule has 1 heterocycles. The highest BCUT2D eigenvalue weighted by Gasteiger charge is 2.28. The van der Waals surface area contributed by atoms with E-state index in [0.717, 1.165) is 50.8 Å². The van der Waals surface area contributed by atoms with E-state index in [-0.39, 0.29) is 11.4 Å². The van der Waals surface area contributed by atoms with Gasteiger partial charge in [-0.3, -0.25) is 14.7 Å². The first kappa shape index (κ1) is 22.2. The van der Waals surface area contributed by atoms with Gasteiger partial charge in [0.25, 0.3) is 5.91 Å². The van der Waals surface area contributed by atoms with Gasteiger partial charge in [-0.05, 0) is 38.0 Å². The van der Waals surface area contributed by atoms with Crippen LogP contribution in [0.3, 0.4) is 0 Å². The number of nitrogens with one attached hydrogen (secondary N) is 3. The molecule has 1 aliphatic rings. The summed E-state index contributed by atoms with van der Waals surface area (Å²) in [4.78, 5) is 18.9. The summed E-state index contributed by atoms with van der Waals surface area (Å²) in [5, 5.41) is 9.67. The molecule has 1 aromatic rings. The van der Waals surface area contributed by atoms with Crippen LogP contribution in [0, 0.1) is 0 Å². The van der Waals surface area contributed by atoms with Gasteiger partial charge in [0.2, 0.25) is 0 Å². The molecule has 0 aromatic heterocycles. The Morgan fingerprint density at radius 2 is 1.96 bits per heavy atom. The Morgan fingerprint density at radius 3 is 2.64 bits per heavy atom. The van der Waals surface area contributed by atoms with Crippen LogP contribution in [0.5, 0.6) is 0 Å². The molecule has 7 heteroatoms. The van der Waals surface area contributed by atoms with E-state index in [1.165, 1.54) is 0 Å². The van der Waals surface area contributed by atoms with Crippen LogP contribution in [0.4, 0.5) is 0 Å². The zero-order chi connectivity index (χ0) is 20.4. The normalized spacial score (nSPS) is 15.9. The highest BCUT2D eigenvalue weighted by atomic mass is 16.5. The third-order valence-electron chi connectivity index (χ3n) is 4.96. The third-order valence-corrected chi connectivity index (χ3v) is 4.96. The summed E-state index contributed by atoms with van der Waals surface area (Å²) in [7, 11) is 1.77. The molecular weight excluding hydrogens is 354 g/mol. The Labute approximate surface area is 168 Å². The van der Waals surface area contributed by atoms with Crippen LogP contribution >= 0.6 is 0 Å². The number of rotatable bonds is 8. The van der Waals surface area contributed by atoms with Gasteiger partial charge in [0.1, 0.15) is 0 Å². The van der Waals surface area contributed by atoms with Crippen molar-refractivity contribution in [2.75, 3.05) is 46.4 Å². The molecule has 1 aliphatic heterocycles. The zero-order valence-corrected chi connectivity index (χ0v) is 17.7. The number of morpholine rings is 1. The second kappa shape index (κ2) is 11.0. The Balaban J connectivity index is 1.85. The van der Waals surface area contributed by atoms with Crippen LogP contribution in [0.1, 0.15) is 43.1 Å². The fourth-order valence-electron chi connectivity index (χ4n) is 3.15. The Bertz CT molecular complexity index is 654. The van der Waals surface area contributed by atoms with Crippen LogP contribution in [0.2, 0.25) is 0 Å². The quantitative estimate of drug-likeness (QED) is 0.465. The van der Waals surface area contributed by atoms with Crippen LogP contribution in [0.25, 0.3) is 0 Å². The molecule has 0 saturated carbocycles. The van der Waals surface area contributed by atoms with E-state index in [1.807, 2.05) is 31.2 Å². The van der Waals surface area contributed by atoms with Gasteiger partial charge in [-0.15, -0.1) is 0 Å².